The van der Waals surface area contributed by atoms with Crippen molar-refractivity contribution < 1.29 is 0 Å². The molecule has 4 rings (SSSR count). The van der Waals surface area contributed by atoms with Crippen LogP contribution in [0.15, 0.2) is 23.3 Å². The summed E-state index contributed by atoms with van der Waals surface area (Å²) in [6.07, 6.45) is 7.47. The molecule has 4 heterocycles. The highest BCUT2D eigenvalue weighted by Crippen LogP contribution is 2.25. The molecular formula is C19H28ClIN8. The van der Waals surface area contributed by atoms with Crippen LogP contribution >= 0.6 is 35.6 Å². The summed E-state index contributed by atoms with van der Waals surface area (Å²) < 4.78 is 2.26. The molecule has 1 atom stereocenters. The quantitative estimate of drug-likeness (QED) is 0.359. The second-order valence-corrected chi connectivity index (χ2v) is 7.71. The molecule has 0 aromatic carbocycles. The largest absolute Gasteiger partial charge is 0.353 e. The third kappa shape index (κ3) is 5.30. The third-order valence-electron chi connectivity index (χ3n) is 5.39. The monoisotopic (exact) mass is 530 g/mol. The number of aliphatic imine (C=N–C) groups is 1. The van der Waals surface area contributed by atoms with E-state index in [1.807, 2.05) is 12.1 Å². The van der Waals surface area contributed by atoms with Crippen LogP contribution < -0.4 is 15.5 Å². The van der Waals surface area contributed by atoms with Gasteiger partial charge in [-0.05, 0) is 31.4 Å². The number of anilines is 1. The molecule has 0 bridgehead atoms. The standard InChI is InChI=1S/C19H27ClN8.HI/c1-21-19(23-12-17-26-25-16-7-3-2-4-10-28(16)17)24-14-8-11-27(13-14)18-15(20)6-5-9-22-18;/h5-6,9,14H,2-4,7-8,10-13H2,1H3,(H2,21,23,24);1H. The smallest absolute Gasteiger partial charge is 0.191 e. The molecule has 10 heteroatoms. The van der Waals surface area contributed by atoms with Gasteiger partial charge in [-0.1, -0.05) is 18.0 Å². The first-order chi connectivity index (χ1) is 13.7. The van der Waals surface area contributed by atoms with E-state index in [0.29, 0.717) is 17.6 Å². The molecule has 158 valence electrons. The van der Waals surface area contributed by atoms with Crippen LogP contribution in [0.4, 0.5) is 5.82 Å². The van der Waals surface area contributed by atoms with Crippen molar-refractivity contribution in [3.63, 3.8) is 0 Å². The fourth-order valence-electron chi connectivity index (χ4n) is 3.91. The van der Waals surface area contributed by atoms with Crippen molar-refractivity contribution in [1.82, 2.24) is 30.4 Å². The second kappa shape index (κ2) is 10.4. The van der Waals surface area contributed by atoms with Gasteiger partial charge in [-0.25, -0.2) is 4.98 Å². The molecule has 0 spiro atoms. The van der Waals surface area contributed by atoms with E-state index in [2.05, 4.69) is 40.3 Å². The lowest BCUT2D eigenvalue weighted by Crippen LogP contribution is -2.44. The zero-order valence-corrected chi connectivity index (χ0v) is 19.7. The molecule has 0 radical (unpaired) electrons. The van der Waals surface area contributed by atoms with Crippen LogP contribution in [0.1, 0.15) is 37.3 Å². The van der Waals surface area contributed by atoms with Crippen molar-refractivity contribution in [2.45, 2.75) is 51.2 Å². The van der Waals surface area contributed by atoms with E-state index in [4.69, 9.17) is 11.6 Å². The topological polar surface area (TPSA) is 83.3 Å². The molecule has 0 aliphatic carbocycles. The van der Waals surface area contributed by atoms with Gasteiger partial charge in [0.2, 0.25) is 0 Å². The van der Waals surface area contributed by atoms with Gasteiger partial charge in [-0.3, -0.25) is 4.99 Å². The lowest BCUT2D eigenvalue weighted by molar-refractivity contribution is 0.591. The van der Waals surface area contributed by atoms with Crippen molar-refractivity contribution in [3.05, 3.63) is 35.0 Å². The molecule has 1 saturated heterocycles. The minimum Gasteiger partial charge on any atom is -0.353 e. The third-order valence-corrected chi connectivity index (χ3v) is 5.69. The molecule has 1 fully saturated rings. The maximum Gasteiger partial charge on any atom is 0.191 e. The first-order valence-electron chi connectivity index (χ1n) is 9.98. The zero-order valence-electron chi connectivity index (χ0n) is 16.6. The molecule has 2 aromatic rings. The Morgan fingerprint density at radius 3 is 3.00 bits per heavy atom. The maximum atomic E-state index is 6.29. The maximum absolute atomic E-state index is 6.29. The normalized spacial score (nSPS) is 19.3. The molecule has 2 aliphatic heterocycles. The Morgan fingerprint density at radius 2 is 2.17 bits per heavy atom. The van der Waals surface area contributed by atoms with Crippen LogP contribution in [0.5, 0.6) is 0 Å². The highest BCUT2D eigenvalue weighted by atomic mass is 127. The molecule has 0 saturated carbocycles. The first kappa shape index (κ1) is 22.1. The minimum absolute atomic E-state index is 0. The van der Waals surface area contributed by atoms with Crippen molar-refractivity contribution in [1.29, 1.82) is 0 Å². The van der Waals surface area contributed by atoms with Crippen LogP contribution in [-0.4, -0.2) is 51.9 Å². The SMILES string of the molecule is CN=C(NCc1nnc2n1CCCCC2)NC1CCN(c2ncccc2Cl)C1.I. The van der Waals surface area contributed by atoms with Crippen molar-refractivity contribution in [3.8, 4) is 0 Å². The number of aryl methyl sites for hydroxylation is 1. The fraction of sp³-hybridized carbons (Fsp3) is 0.579. The second-order valence-electron chi connectivity index (χ2n) is 7.31. The zero-order chi connectivity index (χ0) is 19.3. The molecular weight excluding hydrogens is 503 g/mol. The van der Waals surface area contributed by atoms with Gasteiger partial charge in [-0.2, -0.15) is 0 Å². The summed E-state index contributed by atoms with van der Waals surface area (Å²) in [5.74, 6) is 3.72. The van der Waals surface area contributed by atoms with E-state index in [0.717, 1.165) is 55.9 Å². The van der Waals surface area contributed by atoms with E-state index in [1.165, 1.54) is 19.3 Å². The highest BCUT2D eigenvalue weighted by Gasteiger charge is 2.25. The van der Waals surface area contributed by atoms with Crippen LogP contribution in [-0.2, 0) is 19.5 Å². The van der Waals surface area contributed by atoms with E-state index < -0.39 is 0 Å². The lowest BCUT2D eigenvalue weighted by atomic mass is 10.2. The van der Waals surface area contributed by atoms with Crippen molar-refractivity contribution in [2.75, 3.05) is 25.0 Å². The Morgan fingerprint density at radius 1 is 1.28 bits per heavy atom. The highest BCUT2D eigenvalue weighted by molar-refractivity contribution is 14.0. The van der Waals surface area contributed by atoms with Gasteiger partial charge in [0.15, 0.2) is 11.8 Å². The number of pyridine rings is 1. The summed E-state index contributed by atoms with van der Waals surface area (Å²) in [7, 11) is 1.79. The predicted octanol–water partition coefficient (Wildman–Crippen LogP) is 2.61. The molecule has 29 heavy (non-hydrogen) atoms. The fourth-order valence-corrected chi connectivity index (χ4v) is 4.15. The molecule has 2 aliphatic rings. The molecule has 2 aromatic heterocycles. The lowest BCUT2D eigenvalue weighted by Gasteiger charge is -2.20. The average Bonchev–Trinajstić information content (AvgIpc) is 3.25. The van der Waals surface area contributed by atoms with Gasteiger partial charge < -0.3 is 20.1 Å². The van der Waals surface area contributed by atoms with Gasteiger partial charge in [0.25, 0.3) is 0 Å². The van der Waals surface area contributed by atoms with Crippen LogP contribution in [0.2, 0.25) is 5.02 Å². The number of aromatic nitrogens is 4. The Bertz CT molecular complexity index is 839. The Hall–Kier alpha value is -1.62. The number of guanidine groups is 1. The number of hydrogen-bond acceptors (Lipinski definition) is 5. The number of nitrogens with one attached hydrogen (secondary N) is 2. The Labute approximate surface area is 193 Å². The van der Waals surface area contributed by atoms with Crippen molar-refractivity contribution in [2.24, 2.45) is 4.99 Å². The van der Waals surface area contributed by atoms with Gasteiger partial charge in [0.1, 0.15) is 11.6 Å². The molecule has 0 amide bonds. The average molecular weight is 531 g/mol. The first-order valence-corrected chi connectivity index (χ1v) is 10.4. The molecule has 8 nitrogen and oxygen atoms in total. The summed E-state index contributed by atoms with van der Waals surface area (Å²) in [5, 5.41) is 16.3. The van der Waals surface area contributed by atoms with E-state index in [-0.39, 0.29) is 24.0 Å². The van der Waals surface area contributed by atoms with E-state index in [1.54, 1.807) is 13.2 Å². The summed E-state index contributed by atoms with van der Waals surface area (Å²) in [4.78, 5) is 11.0. The van der Waals surface area contributed by atoms with Gasteiger partial charge in [0.05, 0.1) is 11.6 Å². The van der Waals surface area contributed by atoms with Crippen LogP contribution in [0.3, 0.4) is 0 Å². The Balaban J connectivity index is 0.00000240. The van der Waals surface area contributed by atoms with Crippen LogP contribution in [0.25, 0.3) is 0 Å². The minimum atomic E-state index is 0. The number of hydrogen-bond donors (Lipinski definition) is 2. The summed E-state index contributed by atoms with van der Waals surface area (Å²) in [6, 6.07) is 4.03. The molecule has 2 N–H and O–H groups in total. The predicted molar refractivity (Wildman–Crippen MR) is 126 cm³/mol. The Kier molecular flexibility index (Phi) is 7.93. The molecule has 1 unspecified atom stereocenters. The number of halogens is 2. The van der Waals surface area contributed by atoms with Gasteiger partial charge >= 0.3 is 0 Å². The van der Waals surface area contributed by atoms with Gasteiger partial charge in [-0.15, -0.1) is 34.2 Å². The summed E-state index contributed by atoms with van der Waals surface area (Å²) in [5.41, 5.74) is 0. The number of rotatable bonds is 4. The number of fused-ring (bicyclic) bond motifs is 1. The summed E-state index contributed by atoms with van der Waals surface area (Å²) in [6.45, 7) is 3.39. The number of nitrogens with zero attached hydrogens (tertiary/aromatic N) is 6. The van der Waals surface area contributed by atoms with Crippen molar-refractivity contribution >= 4 is 47.4 Å². The van der Waals surface area contributed by atoms with Gasteiger partial charge in [0, 0.05) is 45.3 Å². The van der Waals surface area contributed by atoms with E-state index >= 15 is 0 Å². The van der Waals surface area contributed by atoms with Crippen LogP contribution in [0, 0.1) is 0 Å². The van der Waals surface area contributed by atoms with E-state index in [9.17, 15) is 0 Å². The summed E-state index contributed by atoms with van der Waals surface area (Å²) >= 11 is 6.29.